The van der Waals surface area contributed by atoms with Crippen LogP contribution in [0.25, 0.3) is 0 Å². The number of carboxylic acid groups (broad SMARTS) is 1. The van der Waals surface area contributed by atoms with E-state index in [9.17, 15) is 22.8 Å². The van der Waals surface area contributed by atoms with Crippen LogP contribution in [0, 0.1) is 5.41 Å². The zero-order valence-electron chi connectivity index (χ0n) is 9.89. The van der Waals surface area contributed by atoms with Crippen LogP contribution in [-0.4, -0.2) is 29.2 Å². The minimum Gasteiger partial charge on any atom is -0.480 e. The summed E-state index contributed by atoms with van der Waals surface area (Å²) in [7, 11) is 0. The Balaban J connectivity index is 4.47. The van der Waals surface area contributed by atoms with Crippen LogP contribution in [-0.2, 0) is 9.59 Å². The molecule has 7 heteroatoms. The van der Waals surface area contributed by atoms with Crippen LogP contribution in [0.2, 0.25) is 0 Å². The van der Waals surface area contributed by atoms with Crippen LogP contribution >= 0.6 is 0 Å². The molecule has 1 amide bonds. The third-order valence-electron chi connectivity index (χ3n) is 1.76. The zero-order chi connectivity index (χ0) is 13.9. The second-order valence-corrected chi connectivity index (χ2v) is 5.02. The Morgan fingerprint density at radius 3 is 2.00 bits per heavy atom. The van der Waals surface area contributed by atoms with Crippen LogP contribution in [0.4, 0.5) is 13.2 Å². The van der Waals surface area contributed by atoms with Crippen molar-refractivity contribution in [3.63, 3.8) is 0 Å². The molecule has 0 saturated carbocycles. The Kier molecular flexibility index (Phi) is 4.97. The summed E-state index contributed by atoms with van der Waals surface area (Å²) in [6, 6.07) is -1.93. The molecule has 0 aliphatic rings. The second kappa shape index (κ2) is 5.37. The first kappa shape index (κ1) is 15.7. The predicted octanol–water partition coefficient (Wildman–Crippen LogP) is 1.94. The highest BCUT2D eigenvalue weighted by atomic mass is 19.4. The largest absolute Gasteiger partial charge is 0.480 e. The molecule has 0 aromatic rings. The first-order valence-electron chi connectivity index (χ1n) is 5.00. The van der Waals surface area contributed by atoms with E-state index in [-0.39, 0.29) is 6.42 Å². The molecule has 1 unspecified atom stereocenters. The average Bonchev–Trinajstić information content (AvgIpc) is 1.95. The Hall–Kier alpha value is -1.27. The van der Waals surface area contributed by atoms with Crippen molar-refractivity contribution in [1.82, 2.24) is 5.32 Å². The van der Waals surface area contributed by atoms with Gasteiger partial charge in [0.25, 0.3) is 0 Å². The van der Waals surface area contributed by atoms with Crippen molar-refractivity contribution in [1.29, 1.82) is 0 Å². The number of nitrogens with one attached hydrogen (secondary N) is 1. The molecule has 0 aromatic heterocycles. The molecule has 0 saturated heterocycles. The minimum atomic E-state index is -4.63. The van der Waals surface area contributed by atoms with Gasteiger partial charge in [0.15, 0.2) is 0 Å². The lowest BCUT2D eigenvalue weighted by Crippen LogP contribution is -2.44. The van der Waals surface area contributed by atoms with E-state index in [0.717, 1.165) is 0 Å². The quantitative estimate of drug-likeness (QED) is 0.806. The number of halogens is 3. The molecule has 100 valence electrons. The van der Waals surface area contributed by atoms with Gasteiger partial charge in [0, 0.05) is 6.42 Å². The van der Waals surface area contributed by atoms with Crippen molar-refractivity contribution < 1.29 is 27.9 Å². The molecule has 0 bridgehead atoms. The Bertz CT molecular complexity index is 294. The Morgan fingerprint density at radius 1 is 1.24 bits per heavy atom. The highest BCUT2D eigenvalue weighted by Crippen LogP contribution is 2.22. The number of aliphatic carboxylic acids is 1. The standard InChI is InChI=1S/C10H16F3NO3/c1-9(2,3)5-7(15)14-6(8(16)17)4-10(11,12)13/h6H,4-5H2,1-3H3,(H,14,15)(H,16,17). The van der Waals surface area contributed by atoms with Gasteiger partial charge in [-0.3, -0.25) is 4.79 Å². The molecule has 2 N–H and O–H groups in total. The number of carbonyl (C=O) groups is 2. The maximum atomic E-state index is 12.0. The van der Waals surface area contributed by atoms with Crippen molar-refractivity contribution in [3.05, 3.63) is 0 Å². The van der Waals surface area contributed by atoms with Crippen LogP contribution < -0.4 is 5.32 Å². The number of carboxylic acids is 1. The van der Waals surface area contributed by atoms with Gasteiger partial charge in [0.1, 0.15) is 6.04 Å². The normalized spacial score (nSPS) is 14.2. The zero-order valence-corrected chi connectivity index (χ0v) is 9.89. The number of alkyl halides is 3. The predicted molar refractivity (Wildman–Crippen MR) is 54.3 cm³/mol. The van der Waals surface area contributed by atoms with Gasteiger partial charge in [-0.15, -0.1) is 0 Å². The summed E-state index contributed by atoms with van der Waals surface area (Å²) in [5.41, 5.74) is -0.411. The number of amides is 1. The van der Waals surface area contributed by atoms with Gasteiger partial charge < -0.3 is 10.4 Å². The van der Waals surface area contributed by atoms with E-state index < -0.39 is 35.9 Å². The molecule has 4 nitrogen and oxygen atoms in total. The van der Waals surface area contributed by atoms with E-state index in [4.69, 9.17) is 5.11 Å². The number of hydrogen-bond donors (Lipinski definition) is 2. The molecule has 0 spiro atoms. The molecular weight excluding hydrogens is 239 g/mol. The second-order valence-electron chi connectivity index (χ2n) is 5.02. The maximum absolute atomic E-state index is 12.0. The van der Waals surface area contributed by atoms with Gasteiger partial charge in [-0.1, -0.05) is 20.8 Å². The Morgan fingerprint density at radius 2 is 1.71 bits per heavy atom. The summed E-state index contributed by atoms with van der Waals surface area (Å²) in [5.74, 6) is -2.39. The molecule has 0 heterocycles. The molecule has 0 aromatic carbocycles. The minimum absolute atomic E-state index is 0.0331. The van der Waals surface area contributed by atoms with Crippen LogP contribution in [0.5, 0.6) is 0 Å². The molecule has 0 rings (SSSR count). The molecule has 0 aliphatic heterocycles. The summed E-state index contributed by atoms with van der Waals surface area (Å²) in [6.07, 6.45) is -6.23. The van der Waals surface area contributed by atoms with Gasteiger partial charge >= 0.3 is 12.1 Å². The number of carbonyl (C=O) groups excluding carboxylic acids is 1. The van der Waals surface area contributed by atoms with Crippen LogP contribution in [0.1, 0.15) is 33.6 Å². The van der Waals surface area contributed by atoms with Crippen molar-refractivity contribution in [2.75, 3.05) is 0 Å². The van der Waals surface area contributed by atoms with Crippen molar-refractivity contribution in [3.8, 4) is 0 Å². The smallest absolute Gasteiger partial charge is 0.391 e. The first-order valence-corrected chi connectivity index (χ1v) is 5.00. The fourth-order valence-corrected chi connectivity index (χ4v) is 1.16. The third-order valence-corrected chi connectivity index (χ3v) is 1.76. The maximum Gasteiger partial charge on any atom is 0.391 e. The SMILES string of the molecule is CC(C)(C)CC(=O)NC(CC(F)(F)F)C(=O)O. The third kappa shape index (κ3) is 8.53. The van der Waals surface area contributed by atoms with Crippen LogP contribution in [0.3, 0.4) is 0 Å². The topological polar surface area (TPSA) is 66.4 Å². The summed E-state index contributed by atoms with van der Waals surface area (Å²) in [4.78, 5) is 21.9. The molecule has 0 aliphatic carbocycles. The van der Waals surface area contributed by atoms with Crippen molar-refractivity contribution in [2.24, 2.45) is 5.41 Å². The lowest BCUT2D eigenvalue weighted by molar-refractivity contribution is -0.160. The summed E-state index contributed by atoms with van der Waals surface area (Å²) >= 11 is 0. The fraction of sp³-hybridized carbons (Fsp3) is 0.800. The summed E-state index contributed by atoms with van der Waals surface area (Å²) in [6.45, 7) is 5.18. The molecule has 1 atom stereocenters. The molecule has 0 fully saturated rings. The van der Waals surface area contributed by atoms with E-state index in [0.29, 0.717) is 0 Å². The fourth-order valence-electron chi connectivity index (χ4n) is 1.16. The lowest BCUT2D eigenvalue weighted by atomic mass is 9.92. The van der Waals surface area contributed by atoms with E-state index in [1.165, 1.54) is 0 Å². The number of rotatable bonds is 4. The lowest BCUT2D eigenvalue weighted by Gasteiger charge is -2.20. The van der Waals surface area contributed by atoms with Crippen LogP contribution in [0.15, 0.2) is 0 Å². The van der Waals surface area contributed by atoms with Gasteiger partial charge in [-0.05, 0) is 5.41 Å². The summed E-state index contributed by atoms with van der Waals surface area (Å²) < 4.78 is 36.1. The average molecular weight is 255 g/mol. The van der Waals surface area contributed by atoms with E-state index in [1.54, 1.807) is 20.8 Å². The van der Waals surface area contributed by atoms with E-state index >= 15 is 0 Å². The molecule has 0 radical (unpaired) electrons. The van der Waals surface area contributed by atoms with Crippen molar-refractivity contribution in [2.45, 2.75) is 45.8 Å². The highest BCUT2D eigenvalue weighted by Gasteiger charge is 2.36. The monoisotopic (exact) mass is 255 g/mol. The molecular formula is C10H16F3NO3. The van der Waals surface area contributed by atoms with E-state index in [1.807, 2.05) is 5.32 Å². The Labute approximate surface area is 97.2 Å². The van der Waals surface area contributed by atoms with Gasteiger partial charge in [0.2, 0.25) is 5.91 Å². The van der Waals surface area contributed by atoms with Crippen molar-refractivity contribution >= 4 is 11.9 Å². The highest BCUT2D eigenvalue weighted by molar-refractivity contribution is 5.83. The van der Waals surface area contributed by atoms with E-state index in [2.05, 4.69) is 0 Å². The van der Waals surface area contributed by atoms with Gasteiger partial charge in [0.05, 0.1) is 6.42 Å². The number of hydrogen-bond acceptors (Lipinski definition) is 2. The van der Waals surface area contributed by atoms with Gasteiger partial charge in [-0.2, -0.15) is 13.2 Å². The molecule has 17 heavy (non-hydrogen) atoms. The summed E-state index contributed by atoms with van der Waals surface area (Å²) in [5, 5.41) is 10.4. The van der Waals surface area contributed by atoms with Gasteiger partial charge in [-0.25, -0.2) is 4.79 Å². The first-order chi connectivity index (χ1) is 7.41.